The number of hydrogen-bond acceptors (Lipinski definition) is 2. The lowest BCUT2D eigenvalue weighted by Gasteiger charge is -2.21. The van der Waals surface area contributed by atoms with Gasteiger partial charge in [0.1, 0.15) is 12.4 Å². The summed E-state index contributed by atoms with van der Waals surface area (Å²) in [5.74, 6) is 0.842. The third-order valence-electron chi connectivity index (χ3n) is 2.52. The summed E-state index contributed by atoms with van der Waals surface area (Å²) in [5.41, 5.74) is 3.71. The first-order valence-corrected chi connectivity index (χ1v) is 6.06. The van der Waals surface area contributed by atoms with Crippen molar-refractivity contribution >= 4 is 28.9 Å². The molecule has 86 valence electrons. The van der Waals surface area contributed by atoms with Gasteiger partial charge in [-0.05, 0) is 24.5 Å². The van der Waals surface area contributed by atoms with Gasteiger partial charge in [-0.2, -0.15) is 0 Å². The maximum absolute atomic E-state index is 5.78. The van der Waals surface area contributed by atoms with Gasteiger partial charge in [0.15, 0.2) is 0 Å². The monoisotopic (exact) mass is 257 g/mol. The molecule has 4 heteroatoms. The minimum absolute atomic E-state index is 0.309. The predicted molar refractivity (Wildman–Crippen MR) is 68.5 cm³/mol. The van der Waals surface area contributed by atoms with E-state index >= 15 is 0 Å². The van der Waals surface area contributed by atoms with Crippen molar-refractivity contribution in [1.82, 2.24) is 0 Å². The summed E-state index contributed by atoms with van der Waals surface area (Å²) >= 11 is 11.3. The highest BCUT2D eigenvalue weighted by Gasteiger charge is 2.13. The van der Waals surface area contributed by atoms with Crippen LogP contribution in [0, 0.1) is 0 Å². The number of halogens is 2. The SMILES string of the molecule is ClC=C(Cl)COc1cccc2c1NCCC2. The first kappa shape index (κ1) is 11.6. The van der Waals surface area contributed by atoms with Crippen LogP contribution in [0.5, 0.6) is 5.75 Å². The lowest BCUT2D eigenvalue weighted by molar-refractivity contribution is 0.360. The molecule has 1 heterocycles. The van der Waals surface area contributed by atoms with Crippen molar-refractivity contribution in [2.45, 2.75) is 12.8 Å². The Labute approximate surface area is 105 Å². The zero-order chi connectivity index (χ0) is 11.4. The van der Waals surface area contributed by atoms with Gasteiger partial charge in [-0.3, -0.25) is 0 Å². The van der Waals surface area contributed by atoms with E-state index in [4.69, 9.17) is 27.9 Å². The molecule has 1 aliphatic heterocycles. The number of anilines is 1. The van der Waals surface area contributed by atoms with Gasteiger partial charge in [0.2, 0.25) is 0 Å². The molecule has 1 aromatic rings. The van der Waals surface area contributed by atoms with Gasteiger partial charge in [-0.15, -0.1) is 0 Å². The van der Waals surface area contributed by atoms with Gasteiger partial charge in [0, 0.05) is 12.1 Å². The smallest absolute Gasteiger partial charge is 0.143 e. The minimum atomic E-state index is 0.309. The van der Waals surface area contributed by atoms with Gasteiger partial charge in [-0.25, -0.2) is 0 Å². The van der Waals surface area contributed by atoms with Crippen LogP contribution in [0.1, 0.15) is 12.0 Å². The molecule has 0 fully saturated rings. The summed E-state index contributed by atoms with van der Waals surface area (Å²) in [5, 5.41) is 3.85. The number of fused-ring (bicyclic) bond motifs is 1. The third kappa shape index (κ3) is 2.63. The Bertz CT molecular complexity index is 404. The predicted octanol–water partition coefficient (Wildman–Crippen LogP) is 3.74. The molecule has 0 atom stereocenters. The molecule has 0 aliphatic carbocycles. The number of rotatable bonds is 3. The first-order valence-electron chi connectivity index (χ1n) is 5.24. The van der Waals surface area contributed by atoms with Crippen molar-refractivity contribution in [3.63, 3.8) is 0 Å². The Kier molecular flexibility index (Phi) is 3.97. The Morgan fingerprint density at radius 1 is 1.50 bits per heavy atom. The fourth-order valence-corrected chi connectivity index (χ4v) is 1.89. The van der Waals surface area contributed by atoms with Crippen molar-refractivity contribution in [1.29, 1.82) is 0 Å². The average Bonchev–Trinajstić information content (AvgIpc) is 2.35. The highest BCUT2D eigenvalue weighted by Crippen LogP contribution is 2.32. The maximum atomic E-state index is 5.78. The van der Waals surface area contributed by atoms with E-state index < -0.39 is 0 Å². The molecular formula is C12H13Cl2NO. The molecule has 2 rings (SSSR count). The molecule has 0 aromatic heterocycles. The quantitative estimate of drug-likeness (QED) is 0.891. The fraction of sp³-hybridized carbons (Fsp3) is 0.333. The Morgan fingerprint density at radius 3 is 3.19 bits per heavy atom. The Morgan fingerprint density at radius 2 is 2.38 bits per heavy atom. The lowest BCUT2D eigenvalue weighted by Crippen LogP contribution is -2.13. The zero-order valence-corrected chi connectivity index (χ0v) is 10.3. The minimum Gasteiger partial charge on any atom is -0.486 e. The second-order valence-electron chi connectivity index (χ2n) is 3.67. The standard InChI is InChI=1S/C12H13Cl2NO/c13-7-10(14)8-16-11-5-1-3-9-4-2-6-15-12(9)11/h1,3,5,7,15H,2,4,6,8H2. The van der Waals surface area contributed by atoms with Gasteiger partial charge < -0.3 is 10.1 Å². The van der Waals surface area contributed by atoms with E-state index in [0.29, 0.717) is 11.6 Å². The summed E-state index contributed by atoms with van der Waals surface area (Å²) in [6, 6.07) is 6.06. The van der Waals surface area contributed by atoms with E-state index in [1.165, 1.54) is 17.5 Å². The van der Waals surface area contributed by atoms with E-state index in [9.17, 15) is 0 Å². The molecule has 0 saturated heterocycles. The normalized spacial score (nSPS) is 15.2. The summed E-state index contributed by atoms with van der Waals surface area (Å²) in [7, 11) is 0. The Balaban J connectivity index is 2.14. The van der Waals surface area contributed by atoms with Crippen molar-refractivity contribution in [3.8, 4) is 5.75 Å². The van der Waals surface area contributed by atoms with Crippen molar-refractivity contribution < 1.29 is 4.74 Å². The number of benzene rings is 1. The zero-order valence-electron chi connectivity index (χ0n) is 8.80. The number of ether oxygens (including phenoxy) is 1. The number of para-hydroxylation sites is 1. The number of aryl methyl sites for hydroxylation is 1. The van der Waals surface area contributed by atoms with Crippen LogP contribution in [0.15, 0.2) is 28.8 Å². The molecule has 0 unspecified atom stereocenters. The second kappa shape index (κ2) is 5.46. The van der Waals surface area contributed by atoms with E-state index in [1.807, 2.05) is 12.1 Å². The molecule has 0 saturated carbocycles. The molecule has 0 amide bonds. The van der Waals surface area contributed by atoms with Crippen molar-refractivity contribution in [3.05, 3.63) is 34.3 Å². The largest absolute Gasteiger partial charge is 0.486 e. The van der Waals surface area contributed by atoms with Crippen molar-refractivity contribution in [2.24, 2.45) is 0 Å². The van der Waals surface area contributed by atoms with Crippen LogP contribution in [0.25, 0.3) is 0 Å². The van der Waals surface area contributed by atoms with Crippen LogP contribution in [0.4, 0.5) is 5.69 Å². The van der Waals surface area contributed by atoms with Crippen LogP contribution in [-0.4, -0.2) is 13.2 Å². The third-order valence-corrected chi connectivity index (χ3v) is 3.11. The van der Waals surface area contributed by atoms with E-state index in [-0.39, 0.29) is 0 Å². The highest BCUT2D eigenvalue weighted by atomic mass is 35.5. The van der Waals surface area contributed by atoms with Crippen LogP contribution in [0.2, 0.25) is 0 Å². The lowest BCUT2D eigenvalue weighted by atomic mass is 10.0. The van der Waals surface area contributed by atoms with E-state index in [1.54, 1.807) is 0 Å². The van der Waals surface area contributed by atoms with Gasteiger partial charge >= 0.3 is 0 Å². The van der Waals surface area contributed by atoms with Gasteiger partial charge in [0.05, 0.1) is 10.7 Å². The molecule has 2 nitrogen and oxygen atoms in total. The van der Waals surface area contributed by atoms with Crippen LogP contribution < -0.4 is 10.1 Å². The number of nitrogens with one attached hydrogen (secondary N) is 1. The Hall–Kier alpha value is -0.860. The number of hydrogen-bond donors (Lipinski definition) is 1. The highest BCUT2D eigenvalue weighted by molar-refractivity contribution is 6.36. The summed E-state index contributed by atoms with van der Waals surface area (Å²) in [4.78, 5) is 0. The maximum Gasteiger partial charge on any atom is 0.143 e. The summed E-state index contributed by atoms with van der Waals surface area (Å²) in [6.45, 7) is 1.30. The molecule has 16 heavy (non-hydrogen) atoms. The van der Waals surface area contributed by atoms with Crippen molar-refractivity contribution in [2.75, 3.05) is 18.5 Å². The molecule has 0 radical (unpaired) electrons. The molecule has 1 N–H and O–H groups in total. The molecule has 1 aromatic carbocycles. The summed E-state index contributed by atoms with van der Waals surface area (Å²) in [6.07, 6.45) is 2.26. The molecule has 0 spiro atoms. The summed E-state index contributed by atoms with van der Waals surface area (Å²) < 4.78 is 5.61. The van der Waals surface area contributed by atoms with E-state index in [0.717, 1.165) is 24.4 Å². The topological polar surface area (TPSA) is 21.3 Å². The van der Waals surface area contributed by atoms with Gasteiger partial charge in [0.25, 0.3) is 0 Å². The molecular weight excluding hydrogens is 245 g/mol. The fourth-order valence-electron chi connectivity index (χ4n) is 1.78. The van der Waals surface area contributed by atoms with Gasteiger partial charge in [-0.1, -0.05) is 35.3 Å². The average molecular weight is 258 g/mol. The second-order valence-corrected chi connectivity index (χ2v) is 4.37. The molecule has 1 aliphatic rings. The van der Waals surface area contributed by atoms with E-state index in [2.05, 4.69) is 11.4 Å². The van der Waals surface area contributed by atoms with Crippen LogP contribution in [-0.2, 0) is 6.42 Å². The first-order chi connectivity index (χ1) is 7.81. The van der Waals surface area contributed by atoms with Crippen LogP contribution in [0.3, 0.4) is 0 Å². The molecule has 0 bridgehead atoms. The van der Waals surface area contributed by atoms with Crippen LogP contribution >= 0.6 is 23.2 Å².